The molecule has 0 fully saturated rings. The largest absolute Gasteiger partial charge is 0.573 e. The minimum Gasteiger partial charge on any atom is -0.406 e. The first-order valence-electron chi connectivity index (χ1n) is 8.76. The Balaban J connectivity index is 2.11. The second kappa shape index (κ2) is 8.54. The third kappa shape index (κ3) is 4.69. The molecule has 0 aromatic heterocycles. The topological polar surface area (TPSA) is 90.8 Å². The number of hydrogen-bond donors (Lipinski definition) is 4. The number of anilines is 1. The molecule has 1 amide bonds. The minimum atomic E-state index is -4.78. The predicted molar refractivity (Wildman–Crippen MR) is 101 cm³/mol. The van der Waals surface area contributed by atoms with E-state index in [-0.39, 0.29) is 12.3 Å². The highest BCUT2D eigenvalue weighted by atomic mass is 19.4. The summed E-state index contributed by atoms with van der Waals surface area (Å²) in [6.45, 7) is 0.131. The number of carbonyl (C=O) groups is 1. The summed E-state index contributed by atoms with van der Waals surface area (Å²) < 4.78 is 41.1. The molecule has 1 unspecified atom stereocenters. The minimum absolute atomic E-state index is 0.110. The molecule has 0 radical (unpaired) electrons. The fourth-order valence-corrected chi connectivity index (χ4v) is 3.32. The van der Waals surface area contributed by atoms with Gasteiger partial charge in [0.05, 0.1) is 6.61 Å². The molecule has 0 saturated carbocycles. The van der Waals surface area contributed by atoms with Crippen LogP contribution in [0.2, 0.25) is 0 Å². The summed E-state index contributed by atoms with van der Waals surface area (Å²) in [5, 5.41) is 25.5. The Labute approximate surface area is 164 Å². The molecule has 1 aliphatic heterocycles. The van der Waals surface area contributed by atoms with E-state index in [0.29, 0.717) is 46.5 Å². The van der Waals surface area contributed by atoms with E-state index in [4.69, 9.17) is 0 Å². The standard InChI is InChI=1S/C20H19F3N2O4/c21-20(22,23)29-14-5-3-12(4-6-14)16-8-13(9-24-11-27)18(17(28)10-26)15-2-1-7-25-19(15)16/h1-6,8,11,17,25-26,28H,7,9-10H2,(H,24,27). The molecule has 29 heavy (non-hydrogen) atoms. The molecular formula is C20H19F3N2O4. The van der Waals surface area contributed by atoms with E-state index in [1.54, 1.807) is 12.1 Å². The summed E-state index contributed by atoms with van der Waals surface area (Å²) in [6, 6.07) is 7.16. The highest BCUT2D eigenvalue weighted by Gasteiger charge is 2.31. The Bertz CT molecular complexity index is 911. The maximum absolute atomic E-state index is 12.4. The van der Waals surface area contributed by atoms with Gasteiger partial charge in [0.15, 0.2) is 0 Å². The van der Waals surface area contributed by atoms with Crippen LogP contribution in [0.25, 0.3) is 17.2 Å². The number of amides is 1. The SMILES string of the molecule is O=CNCc1cc(-c2ccc(OC(F)(F)F)cc2)c2c(c1C(O)CO)C=CCN2. The van der Waals surface area contributed by atoms with Crippen LogP contribution in [0.15, 0.2) is 36.4 Å². The second-order valence-corrected chi connectivity index (χ2v) is 6.34. The zero-order valence-corrected chi connectivity index (χ0v) is 15.2. The van der Waals surface area contributed by atoms with Crippen molar-refractivity contribution in [2.75, 3.05) is 18.5 Å². The van der Waals surface area contributed by atoms with Gasteiger partial charge in [0.2, 0.25) is 6.41 Å². The molecule has 1 heterocycles. The summed E-state index contributed by atoms with van der Waals surface area (Å²) in [6.07, 6.45) is -1.77. The van der Waals surface area contributed by atoms with Gasteiger partial charge >= 0.3 is 6.36 Å². The van der Waals surface area contributed by atoms with Crippen molar-refractivity contribution in [3.8, 4) is 16.9 Å². The van der Waals surface area contributed by atoms with Crippen LogP contribution < -0.4 is 15.4 Å². The molecule has 0 spiro atoms. The normalized spacial score (nSPS) is 14.0. The van der Waals surface area contributed by atoms with Crippen LogP contribution >= 0.6 is 0 Å². The molecule has 3 rings (SSSR count). The first kappa shape index (κ1) is 20.7. The third-order valence-electron chi connectivity index (χ3n) is 4.46. The van der Waals surface area contributed by atoms with Crippen molar-refractivity contribution in [2.45, 2.75) is 19.0 Å². The molecule has 0 aliphatic carbocycles. The number of rotatable bonds is 7. The van der Waals surface area contributed by atoms with Gasteiger partial charge in [-0.25, -0.2) is 0 Å². The third-order valence-corrected chi connectivity index (χ3v) is 4.46. The molecule has 2 aromatic rings. The van der Waals surface area contributed by atoms with Gasteiger partial charge in [0.1, 0.15) is 11.9 Å². The molecule has 2 aromatic carbocycles. The van der Waals surface area contributed by atoms with Gasteiger partial charge in [0.25, 0.3) is 0 Å². The zero-order valence-electron chi connectivity index (χ0n) is 15.2. The summed E-state index contributed by atoms with van der Waals surface area (Å²) in [4.78, 5) is 10.8. The van der Waals surface area contributed by atoms with Crippen molar-refractivity contribution < 1.29 is 32.9 Å². The number of halogens is 3. The van der Waals surface area contributed by atoms with Crippen LogP contribution in [-0.4, -0.2) is 36.1 Å². The summed E-state index contributed by atoms with van der Waals surface area (Å²) in [7, 11) is 0. The van der Waals surface area contributed by atoms with Crippen LogP contribution in [0.1, 0.15) is 22.8 Å². The smallest absolute Gasteiger partial charge is 0.406 e. The lowest BCUT2D eigenvalue weighted by atomic mass is 9.88. The summed E-state index contributed by atoms with van der Waals surface area (Å²) >= 11 is 0. The number of carbonyl (C=O) groups excluding carboxylic acids is 1. The van der Waals surface area contributed by atoms with E-state index >= 15 is 0 Å². The first-order valence-corrected chi connectivity index (χ1v) is 8.76. The number of nitrogens with one attached hydrogen (secondary N) is 2. The second-order valence-electron chi connectivity index (χ2n) is 6.34. The lowest BCUT2D eigenvalue weighted by molar-refractivity contribution is -0.274. The van der Waals surface area contributed by atoms with Crippen LogP contribution in [0, 0.1) is 0 Å². The Morgan fingerprint density at radius 3 is 2.62 bits per heavy atom. The van der Waals surface area contributed by atoms with Crippen LogP contribution in [0.4, 0.5) is 18.9 Å². The number of aliphatic hydroxyl groups excluding tert-OH is 2. The number of alkyl halides is 3. The molecule has 1 atom stereocenters. The van der Waals surface area contributed by atoms with Crippen LogP contribution in [-0.2, 0) is 11.3 Å². The van der Waals surface area contributed by atoms with Gasteiger partial charge in [-0.1, -0.05) is 24.3 Å². The van der Waals surface area contributed by atoms with Gasteiger partial charge in [-0.3, -0.25) is 4.79 Å². The van der Waals surface area contributed by atoms with E-state index in [1.165, 1.54) is 24.3 Å². The van der Waals surface area contributed by atoms with E-state index in [2.05, 4.69) is 15.4 Å². The lowest BCUT2D eigenvalue weighted by Gasteiger charge is -2.26. The highest BCUT2D eigenvalue weighted by molar-refractivity contribution is 5.89. The average molecular weight is 408 g/mol. The van der Waals surface area contributed by atoms with Crippen molar-refractivity contribution in [2.24, 2.45) is 0 Å². The number of hydrogen-bond acceptors (Lipinski definition) is 5. The first-order chi connectivity index (χ1) is 13.8. The Hall–Kier alpha value is -3.04. The van der Waals surface area contributed by atoms with Crippen molar-refractivity contribution in [1.29, 1.82) is 0 Å². The van der Waals surface area contributed by atoms with Crippen molar-refractivity contribution in [1.82, 2.24) is 5.32 Å². The molecule has 154 valence electrons. The molecule has 9 heteroatoms. The number of benzene rings is 2. The van der Waals surface area contributed by atoms with E-state index < -0.39 is 19.1 Å². The van der Waals surface area contributed by atoms with Gasteiger partial charge in [-0.05, 0) is 34.9 Å². The van der Waals surface area contributed by atoms with Gasteiger partial charge in [-0.2, -0.15) is 0 Å². The fourth-order valence-electron chi connectivity index (χ4n) is 3.32. The lowest BCUT2D eigenvalue weighted by Crippen LogP contribution is -2.18. The average Bonchev–Trinajstić information content (AvgIpc) is 2.70. The Morgan fingerprint density at radius 1 is 1.28 bits per heavy atom. The van der Waals surface area contributed by atoms with Gasteiger partial charge < -0.3 is 25.6 Å². The zero-order chi connectivity index (χ0) is 21.0. The maximum Gasteiger partial charge on any atom is 0.573 e. The monoisotopic (exact) mass is 408 g/mol. The summed E-state index contributed by atoms with van der Waals surface area (Å²) in [5.74, 6) is -0.335. The quantitative estimate of drug-likeness (QED) is 0.529. The number of fused-ring (bicyclic) bond motifs is 1. The maximum atomic E-state index is 12.4. The van der Waals surface area contributed by atoms with Crippen LogP contribution in [0.3, 0.4) is 0 Å². The molecule has 0 bridgehead atoms. The van der Waals surface area contributed by atoms with Gasteiger partial charge in [0, 0.05) is 29.9 Å². The molecule has 0 saturated heterocycles. The van der Waals surface area contributed by atoms with Crippen LogP contribution in [0.5, 0.6) is 5.75 Å². The van der Waals surface area contributed by atoms with Crippen molar-refractivity contribution in [3.63, 3.8) is 0 Å². The summed E-state index contributed by atoms with van der Waals surface area (Å²) in [5.41, 5.74) is 3.68. The fraction of sp³-hybridized carbons (Fsp3) is 0.250. The molecule has 1 aliphatic rings. The predicted octanol–water partition coefficient (Wildman–Crippen LogP) is 2.96. The highest BCUT2D eigenvalue weighted by Crippen LogP contribution is 2.40. The number of ether oxygens (including phenoxy) is 1. The molecule has 4 N–H and O–H groups in total. The van der Waals surface area contributed by atoms with E-state index in [0.717, 1.165) is 0 Å². The molecular weight excluding hydrogens is 389 g/mol. The Morgan fingerprint density at radius 2 is 2.00 bits per heavy atom. The molecule has 6 nitrogen and oxygen atoms in total. The van der Waals surface area contributed by atoms with Crippen molar-refractivity contribution >= 4 is 18.2 Å². The van der Waals surface area contributed by atoms with E-state index in [1.807, 2.05) is 6.08 Å². The Kier molecular flexibility index (Phi) is 6.09. The van der Waals surface area contributed by atoms with Gasteiger partial charge in [-0.15, -0.1) is 13.2 Å². The van der Waals surface area contributed by atoms with E-state index in [9.17, 15) is 28.2 Å². The van der Waals surface area contributed by atoms with Crippen molar-refractivity contribution in [3.05, 3.63) is 53.1 Å². The number of aliphatic hydroxyl groups is 2.